The lowest BCUT2D eigenvalue weighted by Crippen LogP contribution is -2.46. The number of rotatable bonds is 5. The maximum absolute atomic E-state index is 6.21. The van der Waals surface area contributed by atoms with Crippen molar-refractivity contribution in [3.8, 4) is 0 Å². The third-order valence-corrected chi connectivity index (χ3v) is 5.24. The van der Waals surface area contributed by atoms with Crippen molar-refractivity contribution in [3.05, 3.63) is 53.1 Å². The summed E-state index contributed by atoms with van der Waals surface area (Å²) in [6, 6.07) is 8.66. The Labute approximate surface area is 143 Å². The monoisotopic (exact) mass is 332 g/mol. The van der Waals surface area contributed by atoms with E-state index in [4.69, 9.17) is 17.3 Å². The van der Waals surface area contributed by atoms with Crippen molar-refractivity contribution in [2.24, 2.45) is 12.8 Å². The Morgan fingerprint density at radius 2 is 2.35 bits per heavy atom. The SMILES string of the molecule is Cn1cnc(CNC2CCCC(CN)(c3cccc(Cl)c3)C2)c1. The zero-order valence-corrected chi connectivity index (χ0v) is 14.4. The van der Waals surface area contributed by atoms with Crippen LogP contribution in [0.4, 0.5) is 0 Å². The predicted molar refractivity (Wildman–Crippen MR) is 94.5 cm³/mol. The van der Waals surface area contributed by atoms with Gasteiger partial charge in [0.25, 0.3) is 0 Å². The average molecular weight is 333 g/mol. The summed E-state index contributed by atoms with van der Waals surface area (Å²) in [7, 11) is 2.00. The molecule has 3 rings (SSSR count). The molecule has 1 aliphatic carbocycles. The molecule has 5 heteroatoms. The molecule has 0 saturated heterocycles. The molecule has 2 aromatic rings. The molecule has 1 fully saturated rings. The van der Waals surface area contributed by atoms with Gasteiger partial charge in [-0.2, -0.15) is 0 Å². The van der Waals surface area contributed by atoms with Crippen LogP contribution in [-0.2, 0) is 19.0 Å². The first kappa shape index (κ1) is 16.5. The summed E-state index contributed by atoms with van der Waals surface area (Å²) in [5, 5.41) is 4.45. The van der Waals surface area contributed by atoms with Crippen LogP contribution in [0.2, 0.25) is 5.02 Å². The van der Waals surface area contributed by atoms with Crippen LogP contribution in [0.5, 0.6) is 0 Å². The lowest BCUT2D eigenvalue weighted by Gasteiger charge is -2.41. The Bertz CT molecular complexity index is 654. The van der Waals surface area contributed by atoms with E-state index in [0.717, 1.165) is 30.1 Å². The lowest BCUT2D eigenvalue weighted by atomic mass is 9.68. The quantitative estimate of drug-likeness (QED) is 0.885. The Morgan fingerprint density at radius 3 is 3.04 bits per heavy atom. The van der Waals surface area contributed by atoms with E-state index in [9.17, 15) is 0 Å². The fourth-order valence-electron chi connectivity index (χ4n) is 3.73. The number of nitrogens with zero attached hydrogens (tertiary/aromatic N) is 2. The third-order valence-electron chi connectivity index (χ3n) is 5.00. The minimum Gasteiger partial charge on any atom is -0.340 e. The second-order valence-corrected chi connectivity index (χ2v) is 7.14. The normalized spacial score (nSPS) is 24.7. The van der Waals surface area contributed by atoms with Gasteiger partial charge in [0.2, 0.25) is 0 Å². The highest BCUT2D eigenvalue weighted by Crippen LogP contribution is 2.39. The Kier molecular flexibility index (Phi) is 5.05. The molecule has 1 aromatic carbocycles. The molecule has 0 spiro atoms. The highest BCUT2D eigenvalue weighted by atomic mass is 35.5. The topological polar surface area (TPSA) is 55.9 Å². The number of halogens is 1. The summed E-state index contributed by atoms with van der Waals surface area (Å²) in [5.41, 5.74) is 8.60. The van der Waals surface area contributed by atoms with E-state index < -0.39 is 0 Å². The van der Waals surface area contributed by atoms with E-state index in [1.807, 2.05) is 30.1 Å². The molecule has 0 aliphatic heterocycles. The van der Waals surface area contributed by atoms with E-state index in [1.54, 1.807) is 0 Å². The smallest absolute Gasteiger partial charge is 0.0947 e. The molecular weight excluding hydrogens is 308 g/mol. The first-order chi connectivity index (χ1) is 11.1. The molecule has 0 amide bonds. The number of nitrogens with one attached hydrogen (secondary N) is 1. The molecule has 1 aliphatic rings. The third kappa shape index (κ3) is 3.77. The van der Waals surface area contributed by atoms with Crippen molar-refractivity contribution in [3.63, 3.8) is 0 Å². The van der Waals surface area contributed by atoms with E-state index in [0.29, 0.717) is 12.6 Å². The molecule has 0 radical (unpaired) electrons. The largest absolute Gasteiger partial charge is 0.340 e. The second-order valence-electron chi connectivity index (χ2n) is 6.70. The lowest BCUT2D eigenvalue weighted by molar-refractivity contribution is 0.243. The predicted octanol–water partition coefficient (Wildman–Crippen LogP) is 3.00. The van der Waals surface area contributed by atoms with Gasteiger partial charge in [-0.25, -0.2) is 4.98 Å². The molecule has 3 N–H and O–H groups in total. The molecular formula is C18H25ClN4. The molecule has 0 bridgehead atoms. The van der Waals surface area contributed by atoms with Crippen LogP contribution in [0.3, 0.4) is 0 Å². The minimum absolute atomic E-state index is 0.0327. The number of imidazole rings is 1. The van der Waals surface area contributed by atoms with Gasteiger partial charge in [0.15, 0.2) is 0 Å². The number of aromatic nitrogens is 2. The standard InChI is InChI=1S/C18H25ClN4/c1-23-11-17(22-13-23)10-21-16-6-3-7-18(9-16,12-20)14-4-2-5-15(19)8-14/h2,4-5,8,11,13,16,21H,3,6-7,9-10,12,20H2,1H3. The molecule has 4 nitrogen and oxygen atoms in total. The van der Waals surface area contributed by atoms with Gasteiger partial charge in [0.1, 0.15) is 0 Å². The minimum atomic E-state index is 0.0327. The molecule has 23 heavy (non-hydrogen) atoms. The number of hydrogen-bond donors (Lipinski definition) is 2. The Morgan fingerprint density at radius 1 is 1.48 bits per heavy atom. The zero-order valence-electron chi connectivity index (χ0n) is 13.6. The van der Waals surface area contributed by atoms with Gasteiger partial charge in [-0.05, 0) is 37.0 Å². The van der Waals surface area contributed by atoms with Crippen LogP contribution in [0.1, 0.15) is 36.9 Å². The molecule has 2 atom stereocenters. The van der Waals surface area contributed by atoms with E-state index in [2.05, 4.69) is 28.6 Å². The molecule has 1 heterocycles. The van der Waals surface area contributed by atoms with Crippen LogP contribution in [0.25, 0.3) is 0 Å². The van der Waals surface area contributed by atoms with Crippen molar-refractivity contribution in [1.29, 1.82) is 0 Å². The van der Waals surface area contributed by atoms with Crippen molar-refractivity contribution < 1.29 is 0 Å². The van der Waals surface area contributed by atoms with Gasteiger partial charge in [0, 0.05) is 42.8 Å². The highest BCUT2D eigenvalue weighted by Gasteiger charge is 2.36. The summed E-state index contributed by atoms with van der Waals surface area (Å²) in [4.78, 5) is 4.38. The number of aryl methyl sites for hydroxylation is 1. The van der Waals surface area contributed by atoms with Gasteiger partial charge in [-0.15, -0.1) is 0 Å². The fraction of sp³-hybridized carbons (Fsp3) is 0.500. The van der Waals surface area contributed by atoms with Crippen molar-refractivity contribution in [2.45, 2.75) is 43.7 Å². The molecule has 1 aromatic heterocycles. The summed E-state index contributed by atoms with van der Waals surface area (Å²) < 4.78 is 1.98. The first-order valence-corrected chi connectivity index (χ1v) is 8.65. The highest BCUT2D eigenvalue weighted by molar-refractivity contribution is 6.30. The summed E-state index contributed by atoms with van der Waals surface area (Å²) >= 11 is 6.20. The fourth-order valence-corrected chi connectivity index (χ4v) is 3.92. The Balaban J connectivity index is 1.70. The van der Waals surface area contributed by atoms with Crippen molar-refractivity contribution in [2.75, 3.05) is 6.54 Å². The van der Waals surface area contributed by atoms with Crippen molar-refractivity contribution >= 4 is 11.6 Å². The van der Waals surface area contributed by atoms with Crippen LogP contribution in [0, 0.1) is 0 Å². The van der Waals surface area contributed by atoms with Gasteiger partial charge in [0.05, 0.1) is 12.0 Å². The van der Waals surface area contributed by atoms with E-state index in [-0.39, 0.29) is 5.41 Å². The van der Waals surface area contributed by atoms with Gasteiger partial charge >= 0.3 is 0 Å². The van der Waals surface area contributed by atoms with Gasteiger partial charge in [-0.1, -0.05) is 30.2 Å². The molecule has 124 valence electrons. The zero-order chi connectivity index (χ0) is 16.3. The summed E-state index contributed by atoms with van der Waals surface area (Å²) in [6.07, 6.45) is 8.46. The summed E-state index contributed by atoms with van der Waals surface area (Å²) in [5.74, 6) is 0. The van der Waals surface area contributed by atoms with Crippen molar-refractivity contribution in [1.82, 2.24) is 14.9 Å². The van der Waals surface area contributed by atoms with Crippen LogP contribution < -0.4 is 11.1 Å². The average Bonchev–Trinajstić information content (AvgIpc) is 2.98. The number of nitrogens with two attached hydrogens (primary N) is 1. The maximum Gasteiger partial charge on any atom is 0.0947 e. The van der Waals surface area contributed by atoms with Crippen LogP contribution in [-0.4, -0.2) is 22.1 Å². The number of hydrogen-bond acceptors (Lipinski definition) is 3. The Hall–Kier alpha value is -1.36. The molecule has 1 saturated carbocycles. The van der Waals surface area contributed by atoms with Gasteiger partial charge in [-0.3, -0.25) is 0 Å². The summed E-state index contributed by atoms with van der Waals surface area (Å²) in [6.45, 7) is 1.47. The van der Waals surface area contributed by atoms with Gasteiger partial charge < -0.3 is 15.6 Å². The first-order valence-electron chi connectivity index (χ1n) is 8.28. The molecule has 2 unspecified atom stereocenters. The van der Waals surface area contributed by atoms with E-state index in [1.165, 1.54) is 18.4 Å². The van der Waals surface area contributed by atoms with E-state index >= 15 is 0 Å². The van der Waals surface area contributed by atoms with Crippen LogP contribution >= 0.6 is 11.6 Å². The van der Waals surface area contributed by atoms with Crippen LogP contribution in [0.15, 0.2) is 36.8 Å². The second kappa shape index (κ2) is 7.04. The maximum atomic E-state index is 6.21. The number of benzene rings is 1.